The lowest BCUT2D eigenvalue weighted by Crippen LogP contribution is -2.17. The number of carboxylic acids is 1. The number of aryl methyl sites for hydroxylation is 1. The van der Waals surface area contributed by atoms with E-state index in [2.05, 4.69) is 10.4 Å². The van der Waals surface area contributed by atoms with Gasteiger partial charge in [0.25, 0.3) is 0 Å². The molecule has 2 N–H and O–H groups in total. The predicted molar refractivity (Wildman–Crippen MR) is 78.6 cm³/mol. The van der Waals surface area contributed by atoms with Gasteiger partial charge in [0, 0.05) is 11.3 Å². The molecule has 2 rings (SSSR count). The zero-order valence-corrected chi connectivity index (χ0v) is 12.8. The number of halogens is 3. The molecule has 0 saturated heterocycles. The Hall–Kier alpha value is -2.84. The second kappa shape index (κ2) is 6.73. The number of rotatable bonds is 5. The molecule has 0 spiro atoms. The van der Waals surface area contributed by atoms with Crippen molar-refractivity contribution in [2.75, 3.05) is 5.32 Å². The molecule has 0 bridgehead atoms. The summed E-state index contributed by atoms with van der Waals surface area (Å²) in [5.41, 5.74) is 0.226. The van der Waals surface area contributed by atoms with E-state index < -0.39 is 24.2 Å². The van der Waals surface area contributed by atoms with Crippen LogP contribution in [0.4, 0.5) is 18.9 Å². The van der Waals surface area contributed by atoms with Crippen LogP contribution in [0.15, 0.2) is 18.2 Å². The molecule has 6 nitrogen and oxygen atoms in total. The van der Waals surface area contributed by atoms with E-state index in [4.69, 9.17) is 5.11 Å². The molecule has 1 amide bonds. The van der Waals surface area contributed by atoms with Gasteiger partial charge in [-0.2, -0.15) is 13.9 Å². The van der Waals surface area contributed by atoms with Crippen LogP contribution in [0.1, 0.15) is 33.9 Å². The molecule has 1 aromatic heterocycles. The number of hydrogen-bond acceptors (Lipinski definition) is 3. The van der Waals surface area contributed by atoms with E-state index in [0.29, 0.717) is 10.2 Å². The summed E-state index contributed by atoms with van der Waals surface area (Å²) >= 11 is 0. The molecular formula is C15H14F3N3O3. The smallest absolute Gasteiger partial charge is 0.335 e. The highest BCUT2D eigenvalue weighted by molar-refractivity contribution is 5.95. The van der Waals surface area contributed by atoms with Gasteiger partial charge in [0.15, 0.2) is 0 Å². The van der Waals surface area contributed by atoms with Gasteiger partial charge in [0.05, 0.1) is 23.4 Å². The molecule has 0 aliphatic rings. The van der Waals surface area contributed by atoms with E-state index in [9.17, 15) is 22.8 Å². The Labute approximate surface area is 134 Å². The standard InChI is InChI=1S/C15H14F3N3O3/c1-7-10(8(2)21(20-7)15(17)18)6-13(22)19-12-5-9(14(23)24)3-4-11(12)16/h3-5,15H,6H2,1-2H3,(H,19,22)(H,23,24). The Balaban J connectivity index is 2.20. The van der Waals surface area contributed by atoms with Crippen LogP contribution in [0.2, 0.25) is 0 Å². The monoisotopic (exact) mass is 341 g/mol. The Morgan fingerprint density at radius 3 is 2.54 bits per heavy atom. The van der Waals surface area contributed by atoms with E-state index in [0.717, 1.165) is 18.2 Å². The Morgan fingerprint density at radius 2 is 2.00 bits per heavy atom. The van der Waals surface area contributed by atoms with Crippen molar-refractivity contribution in [2.45, 2.75) is 26.8 Å². The number of hydrogen-bond donors (Lipinski definition) is 2. The first-order valence-electron chi connectivity index (χ1n) is 6.86. The maximum Gasteiger partial charge on any atom is 0.335 e. The van der Waals surface area contributed by atoms with Crippen molar-refractivity contribution >= 4 is 17.6 Å². The minimum atomic E-state index is -2.83. The summed E-state index contributed by atoms with van der Waals surface area (Å²) in [7, 11) is 0. The Morgan fingerprint density at radius 1 is 1.33 bits per heavy atom. The second-order valence-corrected chi connectivity index (χ2v) is 5.10. The number of amides is 1. The molecule has 0 saturated carbocycles. The minimum absolute atomic E-state index is 0.136. The van der Waals surface area contributed by atoms with E-state index >= 15 is 0 Å². The van der Waals surface area contributed by atoms with Crippen LogP contribution in [0.25, 0.3) is 0 Å². The van der Waals surface area contributed by atoms with E-state index in [1.807, 2.05) is 0 Å². The molecule has 0 fully saturated rings. The molecule has 0 atom stereocenters. The molecule has 9 heteroatoms. The number of alkyl halides is 2. The number of benzene rings is 1. The molecule has 1 heterocycles. The molecule has 0 unspecified atom stereocenters. The quantitative estimate of drug-likeness (QED) is 0.876. The summed E-state index contributed by atoms with van der Waals surface area (Å²) < 4.78 is 39.7. The number of carboxylic acid groups (broad SMARTS) is 1. The highest BCUT2D eigenvalue weighted by Crippen LogP contribution is 2.21. The second-order valence-electron chi connectivity index (χ2n) is 5.10. The number of carbonyl (C=O) groups is 2. The van der Waals surface area contributed by atoms with Crippen molar-refractivity contribution in [1.29, 1.82) is 0 Å². The first-order valence-corrected chi connectivity index (χ1v) is 6.86. The van der Waals surface area contributed by atoms with Gasteiger partial charge in [0.1, 0.15) is 5.82 Å². The third kappa shape index (κ3) is 3.55. The topological polar surface area (TPSA) is 84.2 Å². The summed E-state index contributed by atoms with van der Waals surface area (Å²) in [5, 5.41) is 14.8. The number of aromatic nitrogens is 2. The Kier molecular flexibility index (Phi) is 4.91. The lowest BCUT2D eigenvalue weighted by molar-refractivity contribution is -0.115. The lowest BCUT2D eigenvalue weighted by Gasteiger charge is -2.08. The Bertz CT molecular complexity index is 803. The van der Waals surface area contributed by atoms with Crippen molar-refractivity contribution in [3.05, 3.63) is 46.5 Å². The van der Waals surface area contributed by atoms with Crippen molar-refractivity contribution in [3.8, 4) is 0 Å². The number of aromatic carboxylic acids is 1. The number of nitrogens with one attached hydrogen (secondary N) is 1. The number of anilines is 1. The maximum atomic E-state index is 13.7. The normalized spacial score (nSPS) is 10.9. The van der Waals surface area contributed by atoms with Crippen LogP contribution in [-0.4, -0.2) is 26.8 Å². The molecule has 1 aromatic carbocycles. The van der Waals surface area contributed by atoms with E-state index in [-0.39, 0.29) is 29.1 Å². The SMILES string of the molecule is Cc1nn(C(F)F)c(C)c1CC(=O)Nc1cc(C(=O)O)ccc1F. The van der Waals surface area contributed by atoms with Crippen LogP contribution in [0.3, 0.4) is 0 Å². The van der Waals surface area contributed by atoms with Gasteiger partial charge >= 0.3 is 12.5 Å². The summed E-state index contributed by atoms with van der Waals surface area (Å²) in [4.78, 5) is 22.9. The average molecular weight is 341 g/mol. The van der Waals surface area contributed by atoms with Crippen LogP contribution in [0.5, 0.6) is 0 Å². The van der Waals surface area contributed by atoms with Crippen molar-refractivity contribution < 1.29 is 27.9 Å². The number of carbonyl (C=O) groups excluding carboxylic acids is 1. The van der Waals surface area contributed by atoms with Gasteiger partial charge < -0.3 is 10.4 Å². The summed E-state index contributed by atoms with van der Waals surface area (Å²) in [6, 6.07) is 2.97. The van der Waals surface area contributed by atoms with E-state index in [1.54, 1.807) is 0 Å². The fourth-order valence-electron chi connectivity index (χ4n) is 2.25. The molecule has 0 aliphatic carbocycles. The number of nitrogens with zero attached hydrogens (tertiary/aromatic N) is 2. The molecule has 128 valence electrons. The molecular weight excluding hydrogens is 327 g/mol. The predicted octanol–water partition coefficient (Wildman–Crippen LogP) is 2.91. The van der Waals surface area contributed by atoms with Gasteiger partial charge in [-0.3, -0.25) is 4.79 Å². The van der Waals surface area contributed by atoms with Gasteiger partial charge in [0.2, 0.25) is 5.91 Å². The third-order valence-electron chi connectivity index (χ3n) is 3.48. The fourth-order valence-corrected chi connectivity index (χ4v) is 2.25. The first-order chi connectivity index (χ1) is 11.2. The zero-order valence-electron chi connectivity index (χ0n) is 12.8. The van der Waals surface area contributed by atoms with Crippen LogP contribution in [0, 0.1) is 19.7 Å². The fraction of sp³-hybridized carbons (Fsp3) is 0.267. The summed E-state index contributed by atoms with van der Waals surface area (Å²) in [5.74, 6) is -2.74. The zero-order chi connectivity index (χ0) is 18.0. The largest absolute Gasteiger partial charge is 0.478 e. The molecule has 0 radical (unpaired) electrons. The average Bonchev–Trinajstić information content (AvgIpc) is 2.77. The van der Waals surface area contributed by atoms with Crippen molar-refractivity contribution in [1.82, 2.24) is 9.78 Å². The molecule has 2 aromatic rings. The van der Waals surface area contributed by atoms with Gasteiger partial charge in [-0.15, -0.1) is 0 Å². The highest BCUT2D eigenvalue weighted by atomic mass is 19.3. The first kappa shape index (κ1) is 17.5. The maximum absolute atomic E-state index is 13.7. The summed E-state index contributed by atoms with van der Waals surface area (Å²) in [6.45, 7) is 0.0609. The van der Waals surface area contributed by atoms with Crippen LogP contribution >= 0.6 is 0 Å². The van der Waals surface area contributed by atoms with Gasteiger partial charge in [-0.1, -0.05) is 0 Å². The molecule has 0 aliphatic heterocycles. The van der Waals surface area contributed by atoms with E-state index in [1.165, 1.54) is 13.8 Å². The minimum Gasteiger partial charge on any atom is -0.478 e. The van der Waals surface area contributed by atoms with Crippen molar-refractivity contribution in [3.63, 3.8) is 0 Å². The highest BCUT2D eigenvalue weighted by Gasteiger charge is 2.20. The van der Waals surface area contributed by atoms with Gasteiger partial charge in [-0.05, 0) is 32.0 Å². The van der Waals surface area contributed by atoms with Gasteiger partial charge in [-0.25, -0.2) is 13.9 Å². The summed E-state index contributed by atoms with van der Waals surface area (Å²) in [6.07, 6.45) is -0.291. The van der Waals surface area contributed by atoms with Crippen LogP contribution < -0.4 is 5.32 Å². The third-order valence-corrected chi connectivity index (χ3v) is 3.48. The lowest BCUT2D eigenvalue weighted by atomic mass is 10.1. The van der Waals surface area contributed by atoms with Crippen molar-refractivity contribution in [2.24, 2.45) is 0 Å². The van der Waals surface area contributed by atoms with Crippen LogP contribution in [-0.2, 0) is 11.2 Å². The molecule has 24 heavy (non-hydrogen) atoms.